The topological polar surface area (TPSA) is 30.5 Å². The van der Waals surface area contributed by atoms with Crippen molar-refractivity contribution in [2.45, 2.75) is 40.8 Å². The molecule has 0 saturated heterocycles. The molecule has 2 aromatic rings. The quantitative estimate of drug-likeness (QED) is 0.524. The molecule has 0 spiro atoms. The van der Waals surface area contributed by atoms with Crippen LogP contribution in [0.2, 0.25) is 0 Å². The molecule has 0 aromatic heterocycles. The zero-order chi connectivity index (χ0) is 18.2. The number of nitrogens with one attached hydrogen (secondary N) is 1. The lowest BCUT2D eigenvalue weighted by atomic mass is 10.1. The third-order valence-corrected chi connectivity index (χ3v) is 4.34. The van der Waals surface area contributed by atoms with Gasteiger partial charge in [-0.2, -0.15) is 0 Å². The standard InChI is InChI=1S/C21H28BrNO2.ClH/c1-5-24-20-11-18(13-23-12-15(2)3)10-19(22)21(20)25-14-17-8-6-16(4)7-9-17;/h6-11,15,23H,5,12-14H2,1-4H3;1H. The van der Waals surface area contributed by atoms with Gasteiger partial charge in [0.2, 0.25) is 0 Å². The van der Waals surface area contributed by atoms with Crippen molar-refractivity contribution in [2.24, 2.45) is 5.92 Å². The minimum Gasteiger partial charge on any atom is -0.490 e. The van der Waals surface area contributed by atoms with Crippen LogP contribution >= 0.6 is 28.3 Å². The molecule has 0 radical (unpaired) electrons. The van der Waals surface area contributed by atoms with Crippen LogP contribution in [0.1, 0.15) is 37.5 Å². The number of hydrogen-bond donors (Lipinski definition) is 1. The van der Waals surface area contributed by atoms with Gasteiger partial charge in [-0.1, -0.05) is 43.7 Å². The molecule has 0 unspecified atom stereocenters. The van der Waals surface area contributed by atoms with Gasteiger partial charge in [-0.05, 0) is 65.5 Å². The molecule has 0 bridgehead atoms. The molecule has 144 valence electrons. The maximum Gasteiger partial charge on any atom is 0.175 e. The van der Waals surface area contributed by atoms with Crippen molar-refractivity contribution >= 4 is 28.3 Å². The first-order valence-corrected chi connectivity index (χ1v) is 9.63. The van der Waals surface area contributed by atoms with Gasteiger partial charge in [-0.25, -0.2) is 0 Å². The third-order valence-electron chi connectivity index (χ3n) is 3.75. The van der Waals surface area contributed by atoms with Gasteiger partial charge in [-0.3, -0.25) is 0 Å². The van der Waals surface area contributed by atoms with Crippen molar-refractivity contribution in [2.75, 3.05) is 13.2 Å². The average Bonchev–Trinajstić information content (AvgIpc) is 2.55. The van der Waals surface area contributed by atoms with Gasteiger partial charge in [0.25, 0.3) is 0 Å². The first kappa shape index (κ1) is 22.8. The van der Waals surface area contributed by atoms with Crippen LogP contribution in [0, 0.1) is 12.8 Å². The van der Waals surface area contributed by atoms with E-state index in [0.29, 0.717) is 19.1 Å². The van der Waals surface area contributed by atoms with Crippen LogP contribution < -0.4 is 14.8 Å². The highest BCUT2D eigenvalue weighted by molar-refractivity contribution is 9.10. The molecule has 3 nitrogen and oxygen atoms in total. The van der Waals surface area contributed by atoms with Crippen LogP contribution in [-0.2, 0) is 13.2 Å². The SMILES string of the molecule is CCOc1cc(CNCC(C)C)cc(Br)c1OCc1ccc(C)cc1.Cl. The van der Waals surface area contributed by atoms with E-state index in [-0.39, 0.29) is 12.4 Å². The Balaban J connectivity index is 0.00000338. The lowest BCUT2D eigenvalue weighted by Crippen LogP contribution is -2.19. The Bertz CT molecular complexity index is 674. The Morgan fingerprint density at radius 3 is 2.35 bits per heavy atom. The monoisotopic (exact) mass is 441 g/mol. The lowest BCUT2D eigenvalue weighted by molar-refractivity contribution is 0.267. The van der Waals surface area contributed by atoms with E-state index in [1.165, 1.54) is 11.1 Å². The van der Waals surface area contributed by atoms with Crippen molar-refractivity contribution in [1.29, 1.82) is 0 Å². The highest BCUT2D eigenvalue weighted by Crippen LogP contribution is 2.37. The summed E-state index contributed by atoms with van der Waals surface area (Å²) in [4.78, 5) is 0. The highest BCUT2D eigenvalue weighted by atomic mass is 79.9. The first-order valence-electron chi connectivity index (χ1n) is 8.83. The van der Waals surface area contributed by atoms with E-state index in [4.69, 9.17) is 9.47 Å². The maximum absolute atomic E-state index is 6.05. The Labute approximate surface area is 172 Å². The third kappa shape index (κ3) is 7.18. The highest BCUT2D eigenvalue weighted by Gasteiger charge is 2.13. The lowest BCUT2D eigenvalue weighted by Gasteiger charge is -2.16. The second-order valence-electron chi connectivity index (χ2n) is 6.64. The second-order valence-corrected chi connectivity index (χ2v) is 7.49. The van der Waals surface area contributed by atoms with Crippen LogP contribution in [0.25, 0.3) is 0 Å². The Hall–Kier alpha value is -1.23. The average molecular weight is 443 g/mol. The summed E-state index contributed by atoms with van der Waals surface area (Å²) in [7, 11) is 0. The number of benzene rings is 2. The van der Waals surface area contributed by atoms with E-state index in [9.17, 15) is 0 Å². The van der Waals surface area contributed by atoms with Crippen LogP contribution in [0.4, 0.5) is 0 Å². The molecular formula is C21H29BrClNO2. The van der Waals surface area contributed by atoms with Crippen molar-refractivity contribution in [1.82, 2.24) is 5.32 Å². The molecule has 2 aromatic carbocycles. The molecule has 0 aliphatic carbocycles. The fourth-order valence-electron chi connectivity index (χ4n) is 2.47. The molecule has 5 heteroatoms. The predicted molar refractivity (Wildman–Crippen MR) is 115 cm³/mol. The summed E-state index contributed by atoms with van der Waals surface area (Å²) in [6, 6.07) is 12.5. The van der Waals surface area contributed by atoms with Crippen LogP contribution in [0.15, 0.2) is 40.9 Å². The molecule has 2 rings (SSSR count). The number of aryl methyl sites for hydroxylation is 1. The number of halogens is 2. The first-order chi connectivity index (χ1) is 12.0. The van der Waals surface area contributed by atoms with Crippen molar-refractivity contribution < 1.29 is 9.47 Å². The smallest absolute Gasteiger partial charge is 0.175 e. The van der Waals surface area contributed by atoms with Gasteiger partial charge in [0.1, 0.15) is 6.61 Å². The zero-order valence-electron chi connectivity index (χ0n) is 16.0. The molecule has 0 amide bonds. The summed E-state index contributed by atoms with van der Waals surface area (Å²) in [5.74, 6) is 2.17. The molecule has 0 heterocycles. The Morgan fingerprint density at radius 1 is 1.04 bits per heavy atom. The van der Waals surface area contributed by atoms with Crippen molar-refractivity contribution in [3.8, 4) is 11.5 Å². The normalized spacial score (nSPS) is 10.5. The molecule has 0 fully saturated rings. The zero-order valence-corrected chi connectivity index (χ0v) is 18.4. The van der Waals surface area contributed by atoms with E-state index in [1.807, 2.05) is 6.92 Å². The van der Waals surface area contributed by atoms with Gasteiger partial charge < -0.3 is 14.8 Å². The van der Waals surface area contributed by atoms with Gasteiger partial charge in [0.05, 0.1) is 11.1 Å². The van der Waals surface area contributed by atoms with E-state index in [2.05, 4.69) is 78.4 Å². The summed E-state index contributed by atoms with van der Waals surface area (Å²) in [6.07, 6.45) is 0. The van der Waals surface area contributed by atoms with Crippen LogP contribution in [0.5, 0.6) is 11.5 Å². The summed E-state index contributed by atoms with van der Waals surface area (Å²) >= 11 is 3.64. The van der Waals surface area contributed by atoms with Crippen molar-refractivity contribution in [3.63, 3.8) is 0 Å². The van der Waals surface area contributed by atoms with Gasteiger partial charge in [0.15, 0.2) is 11.5 Å². The van der Waals surface area contributed by atoms with E-state index >= 15 is 0 Å². The summed E-state index contributed by atoms with van der Waals surface area (Å²) in [5, 5.41) is 3.46. The summed E-state index contributed by atoms with van der Waals surface area (Å²) in [5.41, 5.74) is 3.57. The fourth-order valence-corrected chi connectivity index (χ4v) is 3.08. The molecule has 0 atom stereocenters. The van der Waals surface area contributed by atoms with E-state index in [0.717, 1.165) is 34.6 Å². The summed E-state index contributed by atoms with van der Waals surface area (Å²) in [6.45, 7) is 11.4. The van der Waals surface area contributed by atoms with Crippen LogP contribution in [0.3, 0.4) is 0 Å². The predicted octanol–water partition coefficient (Wildman–Crippen LogP) is 5.90. The fraction of sp³-hybridized carbons (Fsp3) is 0.429. The number of rotatable bonds is 9. The largest absolute Gasteiger partial charge is 0.490 e. The second kappa shape index (κ2) is 11.5. The molecule has 1 N–H and O–H groups in total. The molecule has 0 saturated carbocycles. The van der Waals surface area contributed by atoms with Gasteiger partial charge in [0, 0.05) is 6.54 Å². The minimum absolute atomic E-state index is 0. The molecule has 26 heavy (non-hydrogen) atoms. The Kier molecular flexibility index (Phi) is 10.1. The molecule has 0 aliphatic rings. The number of ether oxygens (including phenoxy) is 2. The van der Waals surface area contributed by atoms with Gasteiger partial charge in [-0.15, -0.1) is 12.4 Å². The van der Waals surface area contributed by atoms with Gasteiger partial charge >= 0.3 is 0 Å². The number of hydrogen-bond acceptors (Lipinski definition) is 3. The minimum atomic E-state index is 0. The van der Waals surface area contributed by atoms with E-state index < -0.39 is 0 Å². The molecular weight excluding hydrogens is 414 g/mol. The Morgan fingerprint density at radius 2 is 1.73 bits per heavy atom. The maximum atomic E-state index is 6.05. The van der Waals surface area contributed by atoms with Crippen LogP contribution in [-0.4, -0.2) is 13.2 Å². The molecule has 0 aliphatic heterocycles. The summed E-state index contributed by atoms with van der Waals surface area (Å²) < 4.78 is 12.8. The van der Waals surface area contributed by atoms with Crippen molar-refractivity contribution in [3.05, 3.63) is 57.6 Å². The van der Waals surface area contributed by atoms with E-state index in [1.54, 1.807) is 0 Å².